The average molecular weight is 442 g/mol. The van der Waals surface area contributed by atoms with Gasteiger partial charge in [-0.2, -0.15) is 4.98 Å². The first-order valence-electron chi connectivity index (χ1n) is 9.77. The Morgan fingerprint density at radius 3 is 2.71 bits per heavy atom. The van der Waals surface area contributed by atoms with E-state index in [1.54, 1.807) is 39.1 Å². The molecule has 1 aliphatic heterocycles. The van der Waals surface area contributed by atoms with Crippen LogP contribution in [0.25, 0.3) is 21.7 Å². The second kappa shape index (κ2) is 8.10. The minimum absolute atomic E-state index is 0.0838. The van der Waals surface area contributed by atoms with Crippen molar-refractivity contribution in [2.45, 2.75) is 44.9 Å². The van der Waals surface area contributed by atoms with E-state index in [-0.39, 0.29) is 13.0 Å². The molecule has 1 saturated heterocycles. The molecule has 3 aromatic rings. The Balaban J connectivity index is 1.61. The number of carbonyl (C=O) groups is 2. The Morgan fingerprint density at radius 2 is 2.03 bits per heavy atom. The predicted octanol–water partition coefficient (Wildman–Crippen LogP) is 3.59. The summed E-state index contributed by atoms with van der Waals surface area (Å²) in [5.74, 6) is -0.344. The van der Waals surface area contributed by atoms with Crippen LogP contribution in [0.1, 0.15) is 27.2 Å². The molecule has 31 heavy (non-hydrogen) atoms. The lowest BCUT2D eigenvalue weighted by Gasteiger charge is -2.26. The van der Waals surface area contributed by atoms with Crippen molar-refractivity contribution in [2.24, 2.45) is 0 Å². The molecule has 0 bridgehead atoms. The summed E-state index contributed by atoms with van der Waals surface area (Å²) >= 11 is 1.45. The number of ether oxygens (including phenoxy) is 2. The van der Waals surface area contributed by atoms with Crippen molar-refractivity contribution in [1.82, 2.24) is 19.9 Å². The summed E-state index contributed by atoms with van der Waals surface area (Å²) < 4.78 is 11.5. The van der Waals surface area contributed by atoms with Crippen molar-refractivity contribution in [1.29, 1.82) is 0 Å². The molecule has 4 heterocycles. The second-order valence-electron chi connectivity index (χ2n) is 8.17. The van der Waals surface area contributed by atoms with Crippen molar-refractivity contribution >= 4 is 33.6 Å². The van der Waals surface area contributed by atoms with Gasteiger partial charge in [-0.1, -0.05) is 6.07 Å². The largest absolute Gasteiger partial charge is 0.480 e. The quantitative estimate of drug-likeness (QED) is 0.652. The van der Waals surface area contributed by atoms with E-state index in [9.17, 15) is 14.7 Å². The minimum atomic E-state index is -1.10. The highest BCUT2D eigenvalue weighted by atomic mass is 32.1. The SMILES string of the molecule is CC(C)(C)OC(=O)N1CC(Oc2nc(-c3ccccn3)nc3sccc23)CC1C(=O)O. The van der Waals surface area contributed by atoms with Crippen LogP contribution in [0.4, 0.5) is 4.79 Å². The molecular formula is C21H22N4O5S. The number of hydrogen-bond acceptors (Lipinski definition) is 8. The number of fused-ring (bicyclic) bond motifs is 1. The highest BCUT2D eigenvalue weighted by molar-refractivity contribution is 7.16. The number of pyridine rings is 1. The van der Waals surface area contributed by atoms with Crippen LogP contribution in [0, 0.1) is 0 Å². The van der Waals surface area contributed by atoms with E-state index >= 15 is 0 Å². The Bertz CT molecular complexity index is 1110. The summed E-state index contributed by atoms with van der Waals surface area (Å²) in [4.78, 5) is 39.6. The van der Waals surface area contributed by atoms with E-state index in [0.717, 1.165) is 10.2 Å². The molecule has 0 aromatic carbocycles. The third-order valence-corrected chi connectivity index (χ3v) is 5.44. The van der Waals surface area contributed by atoms with Gasteiger partial charge in [0, 0.05) is 12.6 Å². The number of nitrogens with zero attached hydrogens (tertiary/aromatic N) is 4. The number of likely N-dealkylation sites (tertiary alicyclic amines) is 1. The summed E-state index contributed by atoms with van der Waals surface area (Å²) in [6.07, 6.45) is 0.556. The molecule has 0 aliphatic carbocycles. The van der Waals surface area contributed by atoms with Crippen molar-refractivity contribution in [2.75, 3.05) is 6.54 Å². The lowest BCUT2D eigenvalue weighted by Crippen LogP contribution is -2.43. The van der Waals surface area contributed by atoms with Crippen molar-refractivity contribution in [3.05, 3.63) is 35.8 Å². The molecule has 0 radical (unpaired) electrons. The fraction of sp³-hybridized carbons (Fsp3) is 0.381. The van der Waals surface area contributed by atoms with Crippen LogP contribution in [-0.4, -0.2) is 61.3 Å². The first-order valence-corrected chi connectivity index (χ1v) is 10.6. The number of aliphatic carboxylic acids is 1. The summed E-state index contributed by atoms with van der Waals surface area (Å²) in [5, 5.41) is 12.2. The molecule has 1 N–H and O–H groups in total. The molecular weight excluding hydrogens is 420 g/mol. The van der Waals surface area contributed by atoms with E-state index in [0.29, 0.717) is 17.4 Å². The monoisotopic (exact) mass is 442 g/mol. The van der Waals surface area contributed by atoms with Crippen molar-refractivity contribution in [3.8, 4) is 17.4 Å². The molecule has 2 unspecified atom stereocenters. The number of amides is 1. The first-order chi connectivity index (χ1) is 14.7. The summed E-state index contributed by atoms with van der Waals surface area (Å²) in [7, 11) is 0. The fourth-order valence-corrected chi connectivity index (χ4v) is 4.08. The van der Waals surface area contributed by atoms with Gasteiger partial charge in [-0.05, 0) is 44.4 Å². The third-order valence-electron chi connectivity index (χ3n) is 4.64. The van der Waals surface area contributed by atoms with E-state index in [1.807, 2.05) is 17.5 Å². The number of rotatable bonds is 4. The number of thiophene rings is 1. The standard InChI is InChI=1S/C21H22N4O5S/c1-21(2,3)30-20(28)25-11-12(10-15(25)19(26)27)29-17-13-7-9-31-18(13)24-16(23-17)14-6-4-5-8-22-14/h4-9,12,15H,10-11H2,1-3H3,(H,26,27). The Morgan fingerprint density at radius 1 is 1.23 bits per heavy atom. The van der Waals surface area contributed by atoms with Crippen LogP contribution in [0.5, 0.6) is 5.88 Å². The van der Waals surface area contributed by atoms with Gasteiger partial charge in [0.2, 0.25) is 5.88 Å². The second-order valence-corrected chi connectivity index (χ2v) is 9.06. The van der Waals surface area contributed by atoms with Gasteiger partial charge in [0.25, 0.3) is 0 Å². The molecule has 1 fully saturated rings. The lowest BCUT2D eigenvalue weighted by molar-refractivity contribution is -0.142. The molecule has 10 heteroatoms. The lowest BCUT2D eigenvalue weighted by atomic mass is 10.2. The number of hydrogen-bond donors (Lipinski definition) is 1. The summed E-state index contributed by atoms with van der Waals surface area (Å²) in [6.45, 7) is 5.29. The highest BCUT2D eigenvalue weighted by Gasteiger charge is 2.43. The predicted molar refractivity (Wildman–Crippen MR) is 114 cm³/mol. The van der Waals surface area contributed by atoms with Gasteiger partial charge in [0.1, 0.15) is 28.3 Å². The van der Waals surface area contributed by atoms with E-state index in [2.05, 4.69) is 15.0 Å². The third kappa shape index (κ3) is 4.58. The summed E-state index contributed by atoms with van der Waals surface area (Å²) in [5.41, 5.74) is -0.125. The molecule has 0 spiro atoms. The molecule has 2 atom stereocenters. The number of carboxylic acid groups (broad SMARTS) is 1. The number of aromatic nitrogens is 3. The smallest absolute Gasteiger partial charge is 0.411 e. The number of carboxylic acids is 1. The zero-order valence-electron chi connectivity index (χ0n) is 17.3. The number of carbonyl (C=O) groups excluding carboxylic acids is 1. The van der Waals surface area contributed by atoms with Crippen LogP contribution in [0.15, 0.2) is 35.8 Å². The fourth-order valence-electron chi connectivity index (χ4n) is 3.32. The maximum atomic E-state index is 12.5. The maximum absolute atomic E-state index is 12.5. The molecule has 1 aliphatic rings. The van der Waals surface area contributed by atoms with Gasteiger partial charge >= 0.3 is 12.1 Å². The van der Waals surface area contributed by atoms with Crippen molar-refractivity contribution in [3.63, 3.8) is 0 Å². The van der Waals surface area contributed by atoms with Gasteiger partial charge in [-0.25, -0.2) is 14.6 Å². The first kappa shape index (κ1) is 21.0. The summed E-state index contributed by atoms with van der Waals surface area (Å²) in [6, 6.07) is 6.28. The zero-order chi connectivity index (χ0) is 22.2. The Labute approximate surface area is 182 Å². The zero-order valence-corrected chi connectivity index (χ0v) is 18.1. The molecule has 9 nitrogen and oxygen atoms in total. The molecule has 3 aromatic heterocycles. The van der Waals surface area contributed by atoms with Crippen LogP contribution in [-0.2, 0) is 9.53 Å². The minimum Gasteiger partial charge on any atom is -0.480 e. The maximum Gasteiger partial charge on any atom is 0.411 e. The van der Waals surface area contributed by atoms with Gasteiger partial charge < -0.3 is 14.6 Å². The molecule has 1 amide bonds. The highest BCUT2D eigenvalue weighted by Crippen LogP contribution is 2.32. The van der Waals surface area contributed by atoms with Crippen LogP contribution < -0.4 is 4.74 Å². The molecule has 162 valence electrons. The van der Waals surface area contributed by atoms with Gasteiger partial charge in [-0.3, -0.25) is 9.88 Å². The van der Waals surface area contributed by atoms with E-state index in [4.69, 9.17) is 9.47 Å². The van der Waals surface area contributed by atoms with Crippen LogP contribution >= 0.6 is 11.3 Å². The Kier molecular flexibility index (Phi) is 5.48. The van der Waals surface area contributed by atoms with Gasteiger partial charge in [0.05, 0.1) is 11.9 Å². The average Bonchev–Trinajstić information content (AvgIpc) is 3.34. The van der Waals surface area contributed by atoms with Gasteiger partial charge in [0.15, 0.2) is 5.82 Å². The van der Waals surface area contributed by atoms with Crippen molar-refractivity contribution < 1.29 is 24.2 Å². The van der Waals surface area contributed by atoms with Crippen LogP contribution in [0.3, 0.4) is 0 Å². The van der Waals surface area contributed by atoms with Gasteiger partial charge in [-0.15, -0.1) is 11.3 Å². The molecule has 0 saturated carbocycles. The van der Waals surface area contributed by atoms with E-state index < -0.39 is 29.8 Å². The van der Waals surface area contributed by atoms with Crippen LogP contribution in [0.2, 0.25) is 0 Å². The molecule has 4 rings (SSSR count). The topological polar surface area (TPSA) is 115 Å². The van der Waals surface area contributed by atoms with E-state index in [1.165, 1.54) is 16.2 Å². The normalized spacial score (nSPS) is 18.9. The Hall–Kier alpha value is -3.27.